The second-order valence-electron chi connectivity index (χ2n) is 4.89. The topological polar surface area (TPSA) is 34.1 Å². The van der Waals surface area contributed by atoms with Crippen LogP contribution >= 0.6 is 11.3 Å². The molecular formula is C16H22N2OS. The van der Waals surface area contributed by atoms with Gasteiger partial charge in [-0.05, 0) is 36.7 Å². The fourth-order valence-corrected chi connectivity index (χ4v) is 3.32. The Kier molecular flexibility index (Phi) is 5.56. The van der Waals surface area contributed by atoms with Crippen LogP contribution in [0.2, 0.25) is 0 Å². The van der Waals surface area contributed by atoms with Crippen LogP contribution in [0.1, 0.15) is 42.7 Å². The van der Waals surface area contributed by atoms with Crippen molar-refractivity contribution < 1.29 is 4.74 Å². The Balaban J connectivity index is 2.22. The molecule has 0 aliphatic rings. The number of nitrogens with one attached hydrogen (secondary N) is 1. The van der Waals surface area contributed by atoms with Crippen LogP contribution in [-0.4, -0.2) is 18.6 Å². The minimum Gasteiger partial charge on any atom is -0.496 e. The lowest BCUT2D eigenvalue weighted by Crippen LogP contribution is -2.26. The van der Waals surface area contributed by atoms with Gasteiger partial charge in [0.15, 0.2) is 0 Å². The first-order valence-corrected chi connectivity index (χ1v) is 7.90. The maximum absolute atomic E-state index is 5.31. The van der Waals surface area contributed by atoms with E-state index in [1.807, 2.05) is 12.4 Å². The first-order chi connectivity index (χ1) is 9.76. The average Bonchev–Trinajstić information content (AvgIpc) is 2.97. The van der Waals surface area contributed by atoms with E-state index in [2.05, 4.69) is 47.7 Å². The zero-order valence-corrected chi connectivity index (χ0v) is 13.1. The summed E-state index contributed by atoms with van der Waals surface area (Å²) in [6.07, 6.45) is 4.84. The van der Waals surface area contributed by atoms with Crippen LogP contribution in [-0.2, 0) is 0 Å². The van der Waals surface area contributed by atoms with E-state index in [9.17, 15) is 0 Å². The fraction of sp³-hybridized carbons (Fsp3) is 0.438. The van der Waals surface area contributed by atoms with Gasteiger partial charge in [0.25, 0.3) is 0 Å². The number of aromatic nitrogens is 1. The number of methoxy groups -OCH3 is 1. The maximum Gasteiger partial charge on any atom is 0.129 e. The normalized spacial score (nSPS) is 13.9. The molecule has 2 rings (SSSR count). The molecule has 0 aliphatic heterocycles. The largest absolute Gasteiger partial charge is 0.496 e. The van der Waals surface area contributed by atoms with Crippen molar-refractivity contribution in [2.75, 3.05) is 13.7 Å². The first kappa shape index (κ1) is 15.0. The summed E-state index contributed by atoms with van der Waals surface area (Å²) >= 11 is 1.75. The van der Waals surface area contributed by atoms with Crippen LogP contribution in [0, 0.1) is 0 Å². The van der Waals surface area contributed by atoms with Crippen LogP contribution in [0.5, 0.6) is 5.75 Å². The second kappa shape index (κ2) is 7.41. The molecule has 108 valence electrons. The lowest BCUT2D eigenvalue weighted by atomic mass is 9.93. The Morgan fingerprint density at radius 2 is 2.10 bits per heavy atom. The standard InChI is InChI=1S/C16H22N2OS/c1-4-7-18-16(15-10-14(19-3)11-20-15)12(2)13-5-8-17-9-6-13/h5-6,8-12,16,18H,4,7H2,1-3H3. The zero-order chi connectivity index (χ0) is 14.4. The molecule has 0 saturated heterocycles. The third kappa shape index (κ3) is 3.58. The lowest BCUT2D eigenvalue weighted by molar-refractivity contribution is 0.414. The van der Waals surface area contributed by atoms with Gasteiger partial charge in [-0.2, -0.15) is 0 Å². The molecular weight excluding hydrogens is 268 g/mol. The molecule has 20 heavy (non-hydrogen) atoms. The van der Waals surface area contributed by atoms with Crippen molar-refractivity contribution in [2.45, 2.75) is 32.2 Å². The van der Waals surface area contributed by atoms with Crippen molar-refractivity contribution in [3.63, 3.8) is 0 Å². The highest BCUT2D eigenvalue weighted by Crippen LogP contribution is 2.35. The van der Waals surface area contributed by atoms with E-state index in [1.165, 1.54) is 10.4 Å². The van der Waals surface area contributed by atoms with Gasteiger partial charge in [-0.25, -0.2) is 0 Å². The van der Waals surface area contributed by atoms with Gasteiger partial charge in [0.1, 0.15) is 5.75 Å². The van der Waals surface area contributed by atoms with Gasteiger partial charge in [0.2, 0.25) is 0 Å². The van der Waals surface area contributed by atoms with Crippen LogP contribution in [0.25, 0.3) is 0 Å². The van der Waals surface area contributed by atoms with Crippen molar-refractivity contribution in [1.82, 2.24) is 10.3 Å². The summed E-state index contributed by atoms with van der Waals surface area (Å²) in [5.41, 5.74) is 1.31. The van der Waals surface area contributed by atoms with E-state index in [-0.39, 0.29) is 0 Å². The summed E-state index contributed by atoms with van der Waals surface area (Å²) < 4.78 is 5.31. The first-order valence-electron chi connectivity index (χ1n) is 7.02. The predicted octanol–water partition coefficient (Wildman–Crippen LogP) is 4.00. The smallest absolute Gasteiger partial charge is 0.129 e. The number of thiophene rings is 1. The molecule has 0 bridgehead atoms. The van der Waals surface area contributed by atoms with E-state index in [0.717, 1.165) is 18.7 Å². The highest BCUT2D eigenvalue weighted by molar-refractivity contribution is 7.10. The highest BCUT2D eigenvalue weighted by Gasteiger charge is 2.22. The molecule has 2 aromatic heterocycles. The third-order valence-corrected chi connectivity index (χ3v) is 4.48. The molecule has 0 spiro atoms. The summed E-state index contributed by atoms with van der Waals surface area (Å²) in [7, 11) is 1.71. The summed E-state index contributed by atoms with van der Waals surface area (Å²) in [5.74, 6) is 1.34. The Bertz CT molecular complexity index is 512. The van der Waals surface area contributed by atoms with Gasteiger partial charge in [-0.3, -0.25) is 4.98 Å². The summed E-state index contributed by atoms with van der Waals surface area (Å²) in [6, 6.07) is 6.63. The minimum absolute atomic E-state index is 0.311. The van der Waals surface area contributed by atoms with E-state index in [0.29, 0.717) is 12.0 Å². The SMILES string of the molecule is CCCNC(c1cc(OC)cs1)C(C)c1ccncc1. The number of ether oxygens (including phenoxy) is 1. The van der Waals surface area contributed by atoms with Gasteiger partial charge >= 0.3 is 0 Å². The Morgan fingerprint density at radius 3 is 2.70 bits per heavy atom. The highest BCUT2D eigenvalue weighted by atomic mass is 32.1. The fourth-order valence-electron chi connectivity index (χ4n) is 2.29. The molecule has 1 N–H and O–H groups in total. The molecule has 2 heterocycles. The van der Waals surface area contributed by atoms with Crippen LogP contribution in [0.15, 0.2) is 36.0 Å². The van der Waals surface area contributed by atoms with E-state index < -0.39 is 0 Å². The average molecular weight is 290 g/mol. The molecule has 0 aliphatic carbocycles. The van der Waals surface area contributed by atoms with E-state index in [4.69, 9.17) is 4.74 Å². The molecule has 2 aromatic rings. The van der Waals surface area contributed by atoms with Gasteiger partial charge in [0.05, 0.1) is 7.11 Å². The van der Waals surface area contributed by atoms with E-state index >= 15 is 0 Å². The van der Waals surface area contributed by atoms with Crippen LogP contribution < -0.4 is 10.1 Å². The predicted molar refractivity (Wildman–Crippen MR) is 84.6 cm³/mol. The van der Waals surface area contributed by atoms with Gasteiger partial charge in [0, 0.05) is 34.6 Å². The quantitative estimate of drug-likeness (QED) is 0.837. The summed E-state index contributed by atoms with van der Waals surface area (Å²) in [6.45, 7) is 5.46. The minimum atomic E-state index is 0.311. The lowest BCUT2D eigenvalue weighted by Gasteiger charge is -2.24. The number of hydrogen-bond acceptors (Lipinski definition) is 4. The Labute approximate surface area is 125 Å². The van der Waals surface area contributed by atoms with Crippen molar-refractivity contribution in [3.05, 3.63) is 46.4 Å². The van der Waals surface area contributed by atoms with Crippen LogP contribution in [0.3, 0.4) is 0 Å². The molecule has 0 radical (unpaired) electrons. The summed E-state index contributed by atoms with van der Waals surface area (Å²) in [5, 5.41) is 5.72. The van der Waals surface area contributed by atoms with E-state index in [1.54, 1.807) is 18.4 Å². The number of rotatable bonds is 7. The third-order valence-electron chi connectivity index (χ3n) is 3.48. The molecule has 0 amide bonds. The van der Waals surface area contributed by atoms with Crippen molar-refractivity contribution >= 4 is 11.3 Å². The monoisotopic (exact) mass is 290 g/mol. The molecule has 2 unspecified atom stereocenters. The van der Waals surface area contributed by atoms with Gasteiger partial charge < -0.3 is 10.1 Å². The number of pyridine rings is 1. The molecule has 0 saturated carbocycles. The molecule has 4 heteroatoms. The van der Waals surface area contributed by atoms with Crippen LogP contribution in [0.4, 0.5) is 0 Å². The zero-order valence-electron chi connectivity index (χ0n) is 12.3. The Morgan fingerprint density at radius 1 is 1.35 bits per heavy atom. The maximum atomic E-state index is 5.31. The Hall–Kier alpha value is -1.39. The second-order valence-corrected chi connectivity index (χ2v) is 5.83. The number of nitrogens with zero attached hydrogens (tertiary/aromatic N) is 1. The van der Waals surface area contributed by atoms with Crippen molar-refractivity contribution in [1.29, 1.82) is 0 Å². The summed E-state index contributed by atoms with van der Waals surface area (Å²) in [4.78, 5) is 5.42. The molecule has 0 aromatic carbocycles. The molecule has 0 fully saturated rings. The van der Waals surface area contributed by atoms with Gasteiger partial charge in [-0.15, -0.1) is 11.3 Å². The van der Waals surface area contributed by atoms with Gasteiger partial charge in [-0.1, -0.05) is 13.8 Å². The molecule has 3 nitrogen and oxygen atoms in total. The van der Waals surface area contributed by atoms with Crippen molar-refractivity contribution in [3.8, 4) is 5.75 Å². The number of hydrogen-bond donors (Lipinski definition) is 1. The molecule has 2 atom stereocenters. The van der Waals surface area contributed by atoms with Crippen molar-refractivity contribution in [2.24, 2.45) is 0 Å².